The number of aromatic nitrogens is 1. The van der Waals surface area contributed by atoms with Gasteiger partial charge in [0.05, 0.1) is 0 Å². The summed E-state index contributed by atoms with van der Waals surface area (Å²) in [4.78, 5) is 21.0. The summed E-state index contributed by atoms with van der Waals surface area (Å²) < 4.78 is 0. The highest BCUT2D eigenvalue weighted by Crippen LogP contribution is 2.40. The second kappa shape index (κ2) is 9.45. The van der Waals surface area contributed by atoms with E-state index in [2.05, 4.69) is 51.9 Å². The molecule has 0 bridgehead atoms. The highest BCUT2D eigenvalue weighted by atomic mass is 32.1. The van der Waals surface area contributed by atoms with Gasteiger partial charge in [0.1, 0.15) is 18.3 Å². The van der Waals surface area contributed by atoms with Crippen molar-refractivity contribution >= 4 is 28.1 Å². The van der Waals surface area contributed by atoms with E-state index >= 15 is 0 Å². The van der Waals surface area contributed by atoms with Gasteiger partial charge < -0.3 is 10.2 Å². The van der Waals surface area contributed by atoms with Gasteiger partial charge >= 0.3 is 0 Å². The van der Waals surface area contributed by atoms with Gasteiger partial charge in [-0.3, -0.25) is 10.5 Å². The van der Waals surface area contributed by atoms with E-state index in [4.69, 9.17) is 10.6 Å². The molecule has 2 N–H and O–H groups in total. The molecule has 1 amide bonds. The molecule has 1 heterocycles. The van der Waals surface area contributed by atoms with Crippen LogP contribution in [0.5, 0.6) is 0 Å². The molecule has 0 fully saturated rings. The van der Waals surface area contributed by atoms with Crippen LogP contribution in [0.1, 0.15) is 22.4 Å². The SMILES string of the molecule is CO/N=C(\C([NH])=O)c1csc(NC(c2ccccc2)(c2ccccc2)c2ccccc2)n1. The summed E-state index contributed by atoms with van der Waals surface area (Å²) in [6, 6.07) is 30.5. The Kier molecular flexibility index (Phi) is 6.28. The third-order valence-electron chi connectivity index (χ3n) is 5.06. The lowest BCUT2D eigenvalue weighted by Gasteiger charge is -2.36. The van der Waals surface area contributed by atoms with Crippen LogP contribution in [0.4, 0.5) is 5.13 Å². The van der Waals surface area contributed by atoms with Crippen LogP contribution < -0.4 is 11.1 Å². The van der Waals surface area contributed by atoms with Crippen LogP contribution in [-0.2, 0) is 15.2 Å². The van der Waals surface area contributed by atoms with Crippen LogP contribution in [0.25, 0.3) is 0 Å². The number of amides is 1. The topological polar surface area (TPSA) is 87.4 Å². The van der Waals surface area contributed by atoms with E-state index in [-0.39, 0.29) is 5.71 Å². The quantitative estimate of drug-likeness (QED) is 0.244. The van der Waals surface area contributed by atoms with Crippen molar-refractivity contribution in [2.24, 2.45) is 5.16 Å². The summed E-state index contributed by atoms with van der Waals surface area (Å²) >= 11 is 1.34. The molecule has 0 aliphatic rings. The fourth-order valence-corrected chi connectivity index (χ4v) is 4.43. The van der Waals surface area contributed by atoms with Gasteiger partial charge in [-0.15, -0.1) is 11.3 Å². The number of thiazole rings is 1. The van der Waals surface area contributed by atoms with Crippen LogP contribution in [0.2, 0.25) is 0 Å². The average Bonchev–Trinajstić information content (AvgIpc) is 3.30. The summed E-state index contributed by atoms with van der Waals surface area (Å²) in [7, 11) is 1.33. The van der Waals surface area contributed by atoms with Crippen LogP contribution >= 0.6 is 11.3 Å². The van der Waals surface area contributed by atoms with Crippen LogP contribution in [0.3, 0.4) is 0 Å². The van der Waals surface area contributed by atoms with Gasteiger partial charge in [0.15, 0.2) is 10.8 Å². The van der Waals surface area contributed by atoms with Crippen molar-refractivity contribution in [2.45, 2.75) is 5.54 Å². The van der Waals surface area contributed by atoms with Crippen LogP contribution in [0.15, 0.2) is 102 Å². The molecule has 159 valence electrons. The Morgan fingerprint density at radius 1 is 0.906 bits per heavy atom. The molecule has 1 aromatic heterocycles. The van der Waals surface area contributed by atoms with E-state index in [0.717, 1.165) is 16.7 Å². The Morgan fingerprint density at radius 3 is 1.78 bits per heavy atom. The number of carbonyl (C=O) groups excluding carboxylic acids is 1. The van der Waals surface area contributed by atoms with Crippen molar-refractivity contribution in [3.05, 3.63) is 119 Å². The highest BCUT2D eigenvalue weighted by Gasteiger charge is 2.37. The van der Waals surface area contributed by atoms with Crippen molar-refractivity contribution in [1.82, 2.24) is 10.7 Å². The van der Waals surface area contributed by atoms with Gasteiger partial charge in [-0.25, -0.2) is 4.98 Å². The zero-order valence-electron chi connectivity index (χ0n) is 17.4. The minimum atomic E-state index is -0.954. The fourth-order valence-electron chi connectivity index (χ4n) is 3.68. The van der Waals surface area contributed by atoms with Gasteiger partial charge in [0.25, 0.3) is 5.91 Å². The Morgan fingerprint density at radius 2 is 1.38 bits per heavy atom. The molecule has 3 aromatic carbocycles. The molecule has 0 aliphatic heterocycles. The van der Waals surface area contributed by atoms with Gasteiger partial charge in [-0.05, 0) is 16.7 Å². The second-order valence-electron chi connectivity index (χ2n) is 6.96. The first-order valence-corrected chi connectivity index (χ1v) is 10.8. The molecule has 7 heteroatoms. The maximum absolute atomic E-state index is 11.7. The van der Waals surface area contributed by atoms with E-state index in [1.807, 2.05) is 54.6 Å². The summed E-state index contributed by atoms with van der Waals surface area (Å²) in [5, 5.41) is 9.59. The lowest BCUT2D eigenvalue weighted by Crippen LogP contribution is -2.38. The average molecular weight is 442 g/mol. The number of anilines is 1. The van der Waals surface area contributed by atoms with Gasteiger partial charge in [0.2, 0.25) is 0 Å². The maximum Gasteiger partial charge on any atom is 0.294 e. The second-order valence-corrected chi connectivity index (χ2v) is 7.82. The largest absolute Gasteiger partial charge is 0.398 e. The lowest BCUT2D eigenvalue weighted by atomic mass is 9.77. The van der Waals surface area contributed by atoms with E-state index in [0.29, 0.717) is 10.8 Å². The summed E-state index contributed by atoms with van der Waals surface area (Å²) in [5.74, 6) is -0.954. The number of benzene rings is 3. The Hall–Kier alpha value is -3.97. The first kappa shape index (κ1) is 21.3. The molecule has 0 saturated carbocycles. The third-order valence-corrected chi connectivity index (χ3v) is 5.82. The zero-order chi connectivity index (χ0) is 22.4. The Labute approximate surface area is 190 Å². The van der Waals surface area contributed by atoms with Gasteiger partial charge in [-0.2, -0.15) is 0 Å². The molecule has 1 radical (unpaired) electrons. The minimum absolute atomic E-state index is 0.137. The third kappa shape index (κ3) is 4.10. The van der Waals surface area contributed by atoms with Gasteiger partial charge in [0, 0.05) is 5.38 Å². The van der Waals surface area contributed by atoms with Gasteiger partial charge in [-0.1, -0.05) is 96.2 Å². The first-order chi connectivity index (χ1) is 15.6. The molecule has 0 spiro atoms. The molecule has 4 aromatic rings. The predicted molar refractivity (Wildman–Crippen MR) is 127 cm³/mol. The molecule has 6 nitrogen and oxygen atoms in total. The standard InChI is InChI=1S/C25H21N4O2S/c1-31-29-22(23(26)30)21-17-32-24(27-21)28-25(18-11-5-2-6-12-18,19-13-7-3-8-14-19)20-15-9-4-10-16-20/h2-17,26H,1H3,(H,27,28)/b29-22-. The molecule has 0 unspecified atom stereocenters. The predicted octanol–water partition coefficient (Wildman–Crippen LogP) is 4.71. The maximum atomic E-state index is 11.7. The van der Waals surface area contributed by atoms with Crippen molar-refractivity contribution < 1.29 is 9.63 Å². The van der Waals surface area contributed by atoms with Crippen molar-refractivity contribution in [3.8, 4) is 0 Å². The molecular weight excluding hydrogens is 420 g/mol. The van der Waals surface area contributed by atoms with E-state index in [9.17, 15) is 4.79 Å². The molecule has 0 aliphatic carbocycles. The number of hydrogen-bond donors (Lipinski definition) is 1. The van der Waals surface area contributed by atoms with E-state index in [1.165, 1.54) is 18.4 Å². The smallest absolute Gasteiger partial charge is 0.294 e. The van der Waals surface area contributed by atoms with Crippen LogP contribution in [-0.4, -0.2) is 23.7 Å². The Balaban J connectivity index is 1.90. The number of nitrogens with one attached hydrogen (secondary N) is 2. The fraction of sp³-hybridized carbons (Fsp3) is 0.0800. The number of hydrogen-bond acceptors (Lipinski definition) is 6. The molecule has 4 rings (SSSR count). The summed E-state index contributed by atoms with van der Waals surface area (Å²) in [5.41, 5.74) is 10.0. The number of nitrogens with zero attached hydrogens (tertiary/aromatic N) is 2. The Bertz CT molecular complexity index is 1110. The normalized spacial score (nSPS) is 11.7. The minimum Gasteiger partial charge on any atom is -0.398 e. The van der Waals surface area contributed by atoms with E-state index in [1.54, 1.807) is 5.38 Å². The monoisotopic (exact) mass is 441 g/mol. The molecular formula is C25H21N4O2S. The number of rotatable bonds is 8. The molecule has 0 saturated heterocycles. The molecule has 0 atom stereocenters. The summed E-state index contributed by atoms with van der Waals surface area (Å²) in [6.45, 7) is 0. The summed E-state index contributed by atoms with van der Waals surface area (Å²) in [6.07, 6.45) is 0. The van der Waals surface area contributed by atoms with Crippen molar-refractivity contribution in [2.75, 3.05) is 12.4 Å². The highest BCUT2D eigenvalue weighted by molar-refractivity contribution is 7.14. The van der Waals surface area contributed by atoms with Crippen molar-refractivity contribution in [1.29, 1.82) is 0 Å². The molecule has 32 heavy (non-hydrogen) atoms. The first-order valence-electron chi connectivity index (χ1n) is 9.93. The number of carbonyl (C=O) groups is 1. The lowest BCUT2D eigenvalue weighted by molar-refractivity contribution is -0.112. The van der Waals surface area contributed by atoms with Crippen molar-refractivity contribution in [3.63, 3.8) is 0 Å². The number of oxime groups is 1. The zero-order valence-corrected chi connectivity index (χ0v) is 18.2. The van der Waals surface area contributed by atoms with E-state index < -0.39 is 11.4 Å². The van der Waals surface area contributed by atoms with Crippen LogP contribution in [0, 0.1) is 0 Å².